The van der Waals surface area contributed by atoms with Crippen molar-refractivity contribution in [3.05, 3.63) is 88.4 Å². The van der Waals surface area contributed by atoms with Gasteiger partial charge in [0.05, 0.1) is 6.54 Å². The number of aromatic nitrogens is 1. The topological polar surface area (TPSA) is 71.2 Å². The second kappa shape index (κ2) is 8.65. The van der Waals surface area contributed by atoms with E-state index in [0.29, 0.717) is 6.54 Å². The molecule has 28 heavy (non-hydrogen) atoms. The molecule has 1 aliphatic heterocycles. The Balaban J connectivity index is 1.42. The molecular formula is C22H24N4OS. The van der Waals surface area contributed by atoms with Gasteiger partial charge in [-0.3, -0.25) is 9.69 Å². The Morgan fingerprint density at radius 2 is 1.86 bits per heavy atom. The summed E-state index contributed by atoms with van der Waals surface area (Å²) in [6.07, 6.45) is 1.77. The van der Waals surface area contributed by atoms with E-state index in [0.717, 1.165) is 23.7 Å². The Labute approximate surface area is 169 Å². The van der Waals surface area contributed by atoms with Crippen LogP contribution in [0.5, 0.6) is 0 Å². The molecule has 1 fully saturated rings. The Kier molecular flexibility index (Phi) is 5.81. The number of benzene rings is 2. The summed E-state index contributed by atoms with van der Waals surface area (Å²) in [7, 11) is 0. The molecule has 3 atom stereocenters. The van der Waals surface area contributed by atoms with Gasteiger partial charge in [-0.25, -0.2) is 4.98 Å². The first-order valence-corrected chi connectivity index (χ1v) is 10.4. The SMILES string of the molecule is N[C@@H]1CN(CC(=O)NC(c2ccccc2)c2nccs2)C[C@H]1c1ccccc1. The number of amides is 1. The van der Waals surface area contributed by atoms with Crippen molar-refractivity contribution in [1.29, 1.82) is 0 Å². The van der Waals surface area contributed by atoms with Crippen LogP contribution in [0.25, 0.3) is 0 Å². The van der Waals surface area contributed by atoms with Crippen molar-refractivity contribution in [2.75, 3.05) is 19.6 Å². The average Bonchev–Trinajstić information content (AvgIpc) is 3.37. The second-order valence-corrected chi connectivity index (χ2v) is 8.08. The molecule has 6 heteroatoms. The molecule has 0 bridgehead atoms. The van der Waals surface area contributed by atoms with Crippen molar-refractivity contribution in [3.8, 4) is 0 Å². The molecule has 2 aromatic carbocycles. The number of carbonyl (C=O) groups is 1. The number of nitrogens with two attached hydrogens (primary N) is 1. The van der Waals surface area contributed by atoms with Crippen LogP contribution in [-0.2, 0) is 4.79 Å². The Hall–Kier alpha value is -2.54. The fourth-order valence-corrected chi connectivity index (χ4v) is 4.53. The molecule has 1 aliphatic rings. The van der Waals surface area contributed by atoms with Crippen LogP contribution in [0.15, 0.2) is 72.2 Å². The van der Waals surface area contributed by atoms with Crippen molar-refractivity contribution in [2.45, 2.75) is 18.0 Å². The van der Waals surface area contributed by atoms with Gasteiger partial charge in [0.1, 0.15) is 11.0 Å². The minimum absolute atomic E-state index is 0.00929. The van der Waals surface area contributed by atoms with E-state index < -0.39 is 0 Å². The molecule has 0 radical (unpaired) electrons. The molecule has 3 N–H and O–H groups in total. The lowest BCUT2D eigenvalue weighted by Gasteiger charge is -2.20. The van der Waals surface area contributed by atoms with Gasteiger partial charge in [0.2, 0.25) is 5.91 Å². The molecule has 0 spiro atoms. The van der Waals surface area contributed by atoms with Gasteiger partial charge in [-0.15, -0.1) is 11.3 Å². The average molecular weight is 393 g/mol. The summed E-state index contributed by atoms with van der Waals surface area (Å²) < 4.78 is 0. The van der Waals surface area contributed by atoms with Crippen molar-refractivity contribution in [1.82, 2.24) is 15.2 Å². The fourth-order valence-electron chi connectivity index (χ4n) is 3.82. The summed E-state index contributed by atoms with van der Waals surface area (Å²) in [5, 5.41) is 5.98. The molecule has 5 nitrogen and oxygen atoms in total. The van der Waals surface area contributed by atoms with Gasteiger partial charge in [-0.2, -0.15) is 0 Å². The molecule has 1 unspecified atom stereocenters. The predicted octanol–water partition coefficient (Wildman–Crippen LogP) is 2.78. The molecule has 1 saturated heterocycles. The minimum atomic E-state index is -0.227. The van der Waals surface area contributed by atoms with Gasteiger partial charge in [0.15, 0.2) is 0 Å². The van der Waals surface area contributed by atoms with Crippen molar-refractivity contribution in [2.24, 2.45) is 5.73 Å². The first-order chi connectivity index (χ1) is 13.7. The molecule has 3 aromatic rings. The van der Waals surface area contributed by atoms with E-state index in [1.54, 1.807) is 17.5 Å². The fraction of sp³-hybridized carbons (Fsp3) is 0.273. The highest BCUT2D eigenvalue weighted by atomic mass is 32.1. The van der Waals surface area contributed by atoms with Crippen LogP contribution in [0, 0.1) is 0 Å². The summed E-state index contributed by atoms with van der Waals surface area (Å²) in [6, 6.07) is 20.1. The molecule has 4 rings (SSSR count). The van der Waals surface area contributed by atoms with Crippen LogP contribution in [0.4, 0.5) is 0 Å². The van der Waals surface area contributed by atoms with Crippen LogP contribution in [-0.4, -0.2) is 41.5 Å². The number of hydrogen-bond donors (Lipinski definition) is 2. The van der Waals surface area contributed by atoms with Crippen LogP contribution < -0.4 is 11.1 Å². The van der Waals surface area contributed by atoms with E-state index in [1.165, 1.54) is 5.56 Å². The lowest BCUT2D eigenvalue weighted by atomic mass is 9.95. The van der Waals surface area contributed by atoms with Gasteiger partial charge in [0, 0.05) is 36.6 Å². The summed E-state index contributed by atoms with van der Waals surface area (Å²) in [6.45, 7) is 1.86. The predicted molar refractivity (Wildman–Crippen MR) is 112 cm³/mol. The Morgan fingerprint density at radius 3 is 2.54 bits per heavy atom. The van der Waals surface area contributed by atoms with Crippen LogP contribution in [0.2, 0.25) is 0 Å². The lowest BCUT2D eigenvalue weighted by Crippen LogP contribution is -2.39. The summed E-state index contributed by atoms with van der Waals surface area (Å²) >= 11 is 1.55. The number of carbonyl (C=O) groups excluding carboxylic acids is 1. The maximum absolute atomic E-state index is 12.8. The van der Waals surface area contributed by atoms with Gasteiger partial charge in [-0.1, -0.05) is 60.7 Å². The van der Waals surface area contributed by atoms with Gasteiger partial charge in [-0.05, 0) is 11.1 Å². The third kappa shape index (κ3) is 4.30. The largest absolute Gasteiger partial charge is 0.342 e. The van der Waals surface area contributed by atoms with Gasteiger partial charge >= 0.3 is 0 Å². The third-order valence-corrected chi connectivity index (χ3v) is 6.01. The quantitative estimate of drug-likeness (QED) is 0.677. The summed E-state index contributed by atoms with van der Waals surface area (Å²) in [4.78, 5) is 19.4. The zero-order valence-corrected chi connectivity index (χ0v) is 16.4. The highest BCUT2D eigenvalue weighted by Crippen LogP contribution is 2.27. The number of thiazole rings is 1. The molecule has 1 aromatic heterocycles. The van der Waals surface area contributed by atoms with E-state index >= 15 is 0 Å². The number of hydrogen-bond acceptors (Lipinski definition) is 5. The molecule has 0 saturated carbocycles. The number of nitrogens with one attached hydrogen (secondary N) is 1. The van der Waals surface area contributed by atoms with E-state index in [9.17, 15) is 4.79 Å². The van der Waals surface area contributed by atoms with E-state index in [-0.39, 0.29) is 23.9 Å². The van der Waals surface area contributed by atoms with Crippen LogP contribution >= 0.6 is 11.3 Å². The highest BCUT2D eigenvalue weighted by Gasteiger charge is 2.32. The monoisotopic (exact) mass is 392 g/mol. The van der Waals surface area contributed by atoms with Crippen molar-refractivity contribution in [3.63, 3.8) is 0 Å². The maximum Gasteiger partial charge on any atom is 0.235 e. The normalized spacial score (nSPS) is 20.8. The summed E-state index contributed by atoms with van der Waals surface area (Å²) in [5.41, 5.74) is 8.64. The lowest BCUT2D eigenvalue weighted by molar-refractivity contribution is -0.122. The smallest absolute Gasteiger partial charge is 0.235 e. The molecule has 2 heterocycles. The second-order valence-electron chi connectivity index (χ2n) is 7.16. The van der Waals surface area contributed by atoms with E-state index in [1.807, 2.05) is 53.9 Å². The van der Waals surface area contributed by atoms with E-state index in [2.05, 4.69) is 27.3 Å². The maximum atomic E-state index is 12.8. The van der Waals surface area contributed by atoms with Crippen LogP contribution in [0.3, 0.4) is 0 Å². The standard InChI is InChI=1S/C22H24N4OS/c23-19-14-26(13-18(19)16-7-3-1-4-8-16)15-20(27)25-21(22-24-11-12-28-22)17-9-5-2-6-10-17/h1-12,18-19,21H,13-15,23H2,(H,25,27)/t18-,19+,21?/m0/s1. The third-order valence-electron chi connectivity index (χ3n) is 5.17. The number of nitrogens with zero attached hydrogens (tertiary/aromatic N) is 2. The van der Waals surface area contributed by atoms with Gasteiger partial charge in [0.25, 0.3) is 0 Å². The van der Waals surface area contributed by atoms with Crippen molar-refractivity contribution < 1.29 is 4.79 Å². The highest BCUT2D eigenvalue weighted by molar-refractivity contribution is 7.09. The zero-order valence-electron chi connectivity index (χ0n) is 15.6. The first kappa shape index (κ1) is 18.8. The number of likely N-dealkylation sites (tertiary alicyclic amines) is 1. The first-order valence-electron chi connectivity index (χ1n) is 9.47. The number of rotatable bonds is 6. The zero-order chi connectivity index (χ0) is 19.3. The van der Waals surface area contributed by atoms with E-state index in [4.69, 9.17) is 5.73 Å². The molecule has 0 aliphatic carbocycles. The van der Waals surface area contributed by atoms with Crippen molar-refractivity contribution >= 4 is 17.2 Å². The molecular weight excluding hydrogens is 368 g/mol. The van der Waals surface area contributed by atoms with Gasteiger partial charge < -0.3 is 11.1 Å². The Bertz CT molecular complexity index is 885. The molecule has 144 valence electrons. The Morgan fingerprint density at radius 1 is 1.14 bits per heavy atom. The van der Waals surface area contributed by atoms with Crippen LogP contribution in [0.1, 0.15) is 28.1 Å². The molecule has 1 amide bonds. The minimum Gasteiger partial charge on any atom is -0.342 e. The summed E-state index contributed by atoms with van der Waals surface area (Å²) in [5.74, 6) is 0.253.